The first-order valence-corrected chi connectivity index (χ1v) is 13.5. The molecule has 0 aromatic heterocycles. The molecule has 3 aliphatic carbocycles. The summed E-state index contributed by atoms with van der Waals surface area (Å²) in [6.45, 7) is 7.89. The van der Waals surface area contributed by atoms with E-state index in [2.05, 4.69) is 79.7 Å². The van der Waals surface area contributed by atoms with Gasteiger partial charge in [-0.05, 0) is 74.1 Å². The Labute approximate surface area is 230 Å². The van der Waals surface area contributed by atoms with Crippen LogP contribution >= 0.6 is 0 Å². The zero-order valence-electron chi connectivity index (χ0n) is 23.2. The third kappa shape index (κ3) is 3.97. The van der Waals surface area contributed by atoms with E-state index in [1.807, 2.05) is 32.9 Å². The first-order chi connectivity index (χ1) is 18.8. The van der Waals surface area contributed by atoms with E-state index < -0.39 is 10.8 Å². The normalized spacial score (nSPS) is 18.6. The third-order valence-corrected chi connectivity index (χ3v) is 8.08. The van der Waals surface area contributed by atoms with Crippen LogP contribution in [0.3, 0.4) is 0 Å². The molecule has 0 N–H and O–H groups in total. The van der Waals surface area contributed by atoms with Crippen molar-refractivity contribution < 1.29 is 19.0 Å². The van der Waals surface area contributed by atoms with Gasteiger partial charge in [0.15, 0.2) is 6.79 Å². The number of hydrogen-bond donors (Lipinski definition) is 0. The number of ether oxygens (including phenoxy) is 3. The Bertz CT molecular complexity index is 1510. The van der Waals surface area contributed by atoms with Gasteiger partial charge in [-0.15, -0.1) is 0 Å². The second-order valence-electron chi connectivity index (χ2n) is 11.7. The number of hydrogen-bond acceptors (Lipinski definition) is 4. The van der Waals surface area contributed by atoms with E-state index in [0.29, 0.717) is 5.75 Å². The number of carbonyl (C=O) groups is 1. The fraction of sp³-hybridized carbons (Fsp3) is 0.286. The van der Waals surface area contributed by atoms with Crippen LogP contribution in [-0.2, 0) is 21.4 Å². The summed E-state index contributed by atoms with van der Waals surface area (Å²) in [5, 5.41) is 0. The molecule has 0 saturated carbocycles. The van der Waals surface area contributed by atoms with Gasteiger partial charge >= 0.3 is 5.97 Å². The molecule has 4 nitrogen and oxygen atoms in total. The molecular weight excluding hydrogens is 484 g/mol. The minimum atomic E-state index is -0.638. The Morgan fingerprint density at radius 2 is 1.41 bits per heavy atom. The summed E-state index contributed by atoms with van der Waals surface area (Å²) in [6, 6.07) is 30.0. The van der Waals surface area contributed by atoms with E-state index in [4.69, 9.17) is 14.2 Å². The summed E-state index contributed by atoms with van der Waals surface area (Å²) in [6.07, 6.45) is 0.737. The van der Waals surface area contributed by atoms with Gasteiger partial charge in [0.2, 0.25) is 0 Å². The molecule has 0 fully saturated rings. The number of carbonyl (C=O) groups excluding carboxylic acids is 1. The second-order valence-corrected chi connectivity index (χ2v) is 11.7. The topological polar surface area (TPSA) is 44.8 Å². The first-order valence-electron chi connectivity index (χ1n) is 13.5. The molecule has 7 rings (SSSR count). The quantitative estimate of drug-likeness (QED) is 0.152. The molecule has 4 aromatic carbocycles. The Kier molecular flexibility index (Phi) is 6.11. The van der Waals surface area contributed by atoms with E-state index in [-0.39, 0.29) is 18.7 Å². The van der Waals surface area contributed by atoms with E-state index in [1.54, 1.807) is 7.11 Å². The van der Waals surface area contributed by atoms with Crippen LogP contribution in [0.5, 0.6) is 11.5 Å². The lowest BCUT2D eigenvalue weighted by Crippen LogP contribution is -2.44. The highest BCUT2D eigenvalue weighted by atomic mass is 16.7. The maximum atomic E-state index is 13.2. The minimum absolute atomic E-state index is 0.0823. The van der Waals surface area contributed by atoms with Crippen LogP contribution in [0.4, 0.5) is 0 Å². The summed E-state index contributed by atoms with van der Waals surface area (Å²) in [7, 11) is 1.63. The Hall–Kier alpha value is -3.89. The zero-order valence-corrected chi connectivity index (χ0v) is 23.2. The van der Waals surface area contributed by atoms with Crippen molar-refractivity contribution in [3.05, 3.63) is 129 Å². The summed E-state index contributed by atoms with van der Waals surface area (Å²) >= 11 is 0. The molecular formula is C35H34O4. The zero-order chi connectivity index (χ0) is 27.4. The number of aryl methyl sites for hydroxylation is 1. The third-order valence-electron chi connectivity index (χ3n) is 8.08. The van der Waals surface area contributed by atoms with Gasteiger partial charge < -0.3 is 14.2 Å². The average Bonchev–Trinajstić information content (AvgIpc) is 2.93. The molecule has 0 spiro atoms. The van der Waals surface area contributed by atoms with Crippen molar-refractivity contribution in [1.82, 2.24) is 0 Å². The van der Waals surface area contributed by atoms with Gasteiger partial charge in [-0.1, -0.05) is 78.4 Å². The molecule has 0 heterocycles. The lowest BCUT2D eigenvalue weighted by atomic mass is 9.51. The highest BCUT2D eigenvalue weighted by molar-refractivity contribution is 5.81. The van der Waals surface area contributed by atoms with Crippen molar-refractivity contribution in [2.75, 3.05) is 13.9 Å². The molecule has 0 saturated heterocycles. The van der Waals surface area contributed by atoms with Gasteiger partial charge in [-0.3, -0.25) is 4.79 Å². The molecule has 0 aliphatic heterocycles. The molecule has 4 aromatic rings. The maximum Gasteiger partial charge on any atom is 0.316 e. The van der Waals surface area contributed by atoms with Crippen LogP contribution in [0.2, 0.25) is 0 Å². The monoisotopic (exact) mass is 518 g/mol. The smallest absolute Gasteiger partial charge is 0.316 e. The molecule has 0 atom stereocenters. The predicted molar refractivity (Wildman–Crippen MR) is 153 cm³/mol. The fourth-order valence-electron chi connectivity index (χ4n) is 6.35. The fourth-order valence-corrected chi connectivity index (χ4v) is 6.35. The Balaban J connectivity index is 1.70. The number of esters is 1. The lowest BCUT2D eigenvalue weighted by molar-refractivity contribution is -0.143. The van der Waals surface area contributed by atoms with Crippen LogP contribution < -0.4 is 9.47 Å². The lowest BCUT2D eigenvalue weighted by Gasteiger charge is -2.51. The Morgan fingerprint density at radius 1 is 0.821 bits per heavy atom. The predicted octanol–water partition coefficient (Wildman–Crippen LogP) is 7.31. The molecule has 39 heavy (non-hydrogen) atoms. The second kappa shape index (κ2) is 9.39. The van der Waals surface area contributed by atoms with E-state index >= 15 is 0 Å². The van der Waals surface area contributed by atoms with Gasteiger partial charge in [-0.2, -0.15) is 0 Å². The number of rotatable bonds is 6. The van der Waals surface area contributed by atoms with Gasteiger partial charge in [0.05, 0.1) is 10.8 Å². The van der Waals surface area contributed by atoms with Crippen molar-refractivity contribution in [3.8, 4) is 11.5 Å². The standard InChI is InChI=1S/C35H34O4/c1-22-14-16-23(17-15-22)20-35-26-12-8-6-10-24(26)30(25-11-7-9-13-27(25)35)31-28(39-33(36)34(2,3)4)18-19-29(32(31)35)38-21-37-5/h6-19,30H,20-21H2,1-5H3. The van der Waals surface area contributed by atoms with Gasteiger partial charge in [-0.25, -0.2) is 0 Å². The number of benzene rings is 4. The minimum Gasteiger partial charge on any atom is -0.467 e. The summed E-state index contributed by atoms with van der Waals surface area (Å²) in [5.41, 5.74) is 8.36. The average molecular weight is 519 g/mol. The van der Waals surface area contributed by atoms with E-state index in [9.17, 15) is 4.79 Å². The van der Waals surface area contributed by atoms with Crippen molar-refractivity contribution >= 4 is 5.97 Å². The Morgan fingerprint density at radius 3 is 2.00 bits per heavy atom. The summed E-state index contributed by atoms with van der Waals surface area (Å²) < 4.78 is 17.8. The molecule has 0 unspecified atom stereocenters. The van der Waals surface area contributed by atoms with Crippen LogP contribution in [0.15, 0.2) is 84.9 Å². The van der Waals surface area contributed by atoms with Crippen LogP contribution in [0.1, 0.15) is 71.2 Å². The maximum absolute atomic E-state index is 13.2. The van der Waals surface area contributed by atoms with Crippen LogP contribution in [0, 0.1) is 12.3 Å². The summed E-state index contributed by atoms with van der Waals surface area (Å²) in [5.74, 6) is 1.01. The molecule has 0 radical (unpaired) electrons. The molecule has 198 valence electrons. The van der Waals surface area contributed by atoms with Crippen LogP contribution in [0.25, 0.3) is 0 Å². The van der Waals surface area contributed by atoms with E-state index in [1.165, 1.54) is 33.4 Å². The highest BCUT2D eigenvalue weighted by Crippen LogP contribution is 2.64. The van der Waals surface area contributed by atoms with Gasteiger partial charge in [0.25, 0.3) is 0 Å². The number of methoxy groups -OCH3 is 1. The summed E-state index contributed by atoms with van der Waals surface area (Å²) in [4.78, 5) is 13.2. The molecule has 4 heteroatoms. The van der Waals surface area contributed by atoms with Crippen molar-refractivity contribution in [2.24, 2.45) is 5.41 Å². The highest BCUT2D eigenvalue weighted by Gasteiger charge is 2.54. The van der Waals surface area contributed by atoms with Gasteiger partial charge in [0.1, 0.15) is 11.5 Å². The SMILES string of the molecule is COCOc1ccc(OC(=O)C(C)(C)C)c2c1C1(Cc3ccc(C)cc3)c3ccccc3C2c2ccccc21. The van der Waals surface area contributed by atoms with Crippen molar-refractivity contribution in [1.29, 1.82) is 0 Å². The van der Waals surface area contributed by atoms with Crippen molar-refractivity contribution in [3.63, 3.8) is 0 Å². The van der Waals surface area contributed by atoms with E-state index in [0.717, 1.165) is 23.3 Å². The largest absolute Gasteiger partial charge is 0.467 e. The first kappa shape index (κ1) is 25.4. The van der Waals surface area contributed by atoms with Gasteiger partial charge in [0, 0.05) is 24.2 Å². The van der Waals surface area contributed by atoms with Crippen LogP contribution in [-0.4, -0.2) is 19.9 Å². The molecule has 0 amide bonds. The molecule has 3 aliphatic rings. The molecule has 2 bridgehead atoms. The van der Waals surface area contributed by atoms with Crippen molar-refractivity contribution in [2.45, 2.75) is 45.4 Å².